The third-order valence-corrected chi connectivity index (χ3v) is 3.93. The van der Waals surface area contributed by atoms with Gasteiger partial charge in [0.25, 0.3) is 0 Å². The van der Waals surface area contributed by atoms with Gasteiger partial charge in [0.15, 0.2) is 5.96 Å². The van der Waals surface area contributed by atoms with Gasteiger partial charge in [-0.1, -0.05) is 18.2 Å². The third kappa shape index (κ3) is 2.53. The van der Waals surface area contributed by atoms with Crippen LogP contribution in [-0.2, 0) is 6.42 Å². The molecule has 2 unspecified atom stereocenters. The Morgan fingerprint density at radius 1 is 1.47 bits per heavy atom. The average molecular weight is 258 g/mol. The Hall–Kier alpha value is -1.71. The van der Waals surface area contributed by atoms with Gasteiger partial charge in [-0.3, -0.25) is 4.99 Å². The van der Waals surface area contributed by atoms with Crippen molar-refractivity contribution in [3.05, 3.63) is 29.8 Å². The van der Waals surface area contributed by atoms with Crippen LogP contribution < -0.4 is 15.5 Å². The van der Waals surface area contributed by atoms with E-state index in [0.29, 0.717) is 12.1 Å². The fraction of sp³-hybridized carbons (Fsp3) is 0.533. The Bertz CT molecular complexity index is 483. The van der Waals surface area contributed by atoms with E-state index in [1.807, 2.05) is 0 Å². The smallest absolute Gasteiger partial charge is 0.191 e. The molecule has 0 aliphatic carbocycles. The standard InChI is InChI=1S/C15H22N4/c1-11-9-16-15(18-11)17-10-12(2)19-8-7-13-5-3-4-6-14(13)19/h3-6,11-12H,7-10H2,1-2H3,(H2,16,17,18). The van der Waals surface area contributed by atoms with E-state index in [4.69, 9.17) is 0 Å². The van der Waals surface area contributed by atoms with Crippen LogP contribution in [0.15, 0.2) is 29.3 Å². The van der Waals surface area contributed by atoms with Gasteiger partial charge >= 0.3 is 0 Å². The van der Waals surface area contributed by atoms with Gasteiger partial charge in [-0.25, -0.2) is 0 Å². The summed E-state index contributed by atoms with van der Waals surface area (Å²) in [7, 11) is 0. The summed E-state index contributed by atoms with van der Waals surface area (Å²) in [6.45, 7) is 7.35. The molecule has 0 aromatic heterocycles. The first-order valence-electron chi connectivity index (χ1n) is 7.13. The summed E-state index contributed by atoms with van der Waals surface area (Å²) < 4.78 is 0. The predicted octanol–water partition coefficient (Wildman–Crippen LogP) is 1.37. The van der Waals surface area contributed by atoms with Crippen LogP contribution in [0.1, 0.15) is 19.4 Å². The molecule has 1 aromatic rings. The number of para-hydroxylation sites is 1. The van der Waals surface area contributed by atoms with E-state index < -0.39 is 0 Å². The molecule has 3 rings (SSSR count). The van der Waals surface area contributed by atoms with Crippen LogP contribution in [-0.4, -0.2) is 37.7 Å². The van der Waals surface area contributed by atoms with Crippen molar-refractivity contribution in [1.29, 1.82) is 0 Å². The predicted molar refractivity (Wildman–Crippen MR) is 79.9 cm³/mol. The summed E-state index contributed by atoms with van der Waals surface area (Å²) in [5, 5.41) is 6.76. The Balaban J connectivity index is 1.58. The number of rotatable bonds is 3. The monoisotopic (exact) mass is 258 g/mol. The number of fused-ring (bicyclic) bond motifs is 1. The Labute approximate surface area is 114 Å². The number of hydrogen-bond acceptors (Lipinski definition) is 4. The van der Waals surface area contributed by atoms with E-state index in [9.17, 15) is 0 Å². The molecule has 1 aromatic carbocycles. The summed E-state index contributed by atoms with van der Waals surface area (Å²) >= 11 is 0. The molecule has 0 fully saturated rings. The number of nitrogens with one attached hydrogen (secondary N) is 2. The van der Waals surface area contributed by atoms with Crippen LogP contribution in [0, 0.1) is 0 Å². The molecule has 0 bridgehead atoms. The average Bonchev–Trinajstić information content (AvgIpc) is 3.02. The first-order chi connectivity index (χ1) is 9.24. The van der Waals surface area contributed by atoms with Crippen LogP contribution in [0.4, 0.5) is 5.69 Å². The topological polar surface area (TPSA) is 39.7 Å². The van der Waals surface area contributed by atoms with Gasteiger partial charge in [0.1, 0.15) is 0 Å². The molecule has 19 heavy (non-hydrogen) atoms. The second kappa shape index (κ2) is 5.11. The maximum absolute atomic E-state index is 4.44. The Morgan fingerprint density at radius 2 is 2.32 bits per heavy atom. The highest BCUT2D eigenvalue weighted by Gasteiger charge is 2.23. The van der Waals surface area contributed by atoms with Crippen LogP contribution in [0.2, 0.25) is 0 Å². The van der Waals surface area contributed by atoms with Crippen molar-refractivity contribution in [2.45, 2.75) is 32.4 Å². The largest absolute Gasteiger partial charge is 0.366 e. The van der Waals surface area contributed by atoms with Crippen molar-refractivity contribution in [1.82, 2.24) is 10.6 Å². The van der Waals surface area contributed by atoms with Gasteiger partial charge in [-0.2, -0.15) is 0 Å². The fourth-order valence-electron chi connectivity index (χ4n) is 2.84. The number of nitrogens with zero attached hydrogens (tertiary/aromatic N) is 2. The molecule has 2 aliphatic heterocycles. The first kappa shape index (κ1) is 12.3. The first-order valence-corrected chi connectivity index (χ1v) is 7.13. The van der Waals surface area contributed by atoms with E-state index in [-0.39, 0.29) is 0 Å². The van der Waals surface area contributed by atoms with Crippen molar-refractivity contribution in [2.24, 2.45) is 4.99 Å². The highest BCUT2D eigenvalue weighted by Crippen LogP contribution is 2.28. The number of anilines is 1. The van der Waals surface area contributed by atoms with Crippen molar-refractivity contribution >= 4 is 11.6 Å². The zero-order chi connectivity index (χ0) is 13.2. The molecule has 2 N–H and O–H groups in total. The van der Waals surface area contributed by atoms with Crippen LogP contribution in [0.5, 0.6) is 0 Å². The number of aliphatic imine (C=N–C) groups is 1. The minimum atomic E-state index is 0.463. The van der Waals surface area contributed by atoms with E-state index in [2.05, 4.69) is 58.6 Å². The zero-order valence-corrected chi connectivity index (χ0v) is 11.7. The van der Waals surface area contributed by atoms with E-state index in [1.54, 1.807) is 0 Å². The molecule has 2 atom stereocenters. The van der Waals surface area contributed by atoms with Crippen molar-refractivity contribution in [3.8, 4) is 0 Å². The number of hydrogen-bond donors (Lipinski definition) is 2. The van der Waals surface area contributed by atoms with Gasteiger partial charge in [-0.15, -0.1) is 0 Å². The normalized spacial score (nSPS) is 22.7. The molecule has 4 heteroatoms. The SMILES string of the molecule is CC1CN=C(NCC(C)N2CCc3ccccc32)N1. The molecule has 0 radical (unpaired) electrons. The molecule has 0 amide bonds. The van der Waals surface area contributed by atoms with Gasteiger partial charge in [0.2, 0.25) is 0 Å². The summed E-state index contributed by atoms with van der Waals surface area (Å²) in [6.07, 6.45) is 1.16. The zero-order valence-electron chi connectivity index (χ0n) is 11.7. The summed E-state index contributed by atoms with van der Waals surface area (Å²) in [6, 6.07) is 9.66. The second-order valence-corrected chi connectivity index (χ2v) is 5.54. The van der Waals surface area contributed by atoms with Crippen molar-refractivity contribution in [3.63, 3.8) is 0 Å². The maximum Gasteiger partial charge on any atom is 0.191 e. The Kier molecular flexibility index (Phi) is 3.32. The lowest BCUT2D eigenvalue weighted by Gasteiger charge is -2.27. The van der Waals surface area contributed by atoms with Crippen molar-refractivity contribution < 1.29 is 0 Å². The maximum atomic E-state index is 4.44. The molecular formula is C15H22N4. The lowest BCUT2D eigenvalue weighted by Crippen LogP contribution is -2.45. The molecular weight excluding hydrogens is 236 g/mol. The molecule has 0 saturated carbocycles. The highest BCUT2D eigenvalue weighted by atomic mass is 15.3. The van der Waals surface area contributed by atoms with E-state index in [0.717, 1.165) is 32.0 Å². The van der Waals surface area contributed by atoms with Gasteiger partial charge in [0, 0.05) is 30.9 Å². The summed E-state index contributed by atoms with van der Waals surface area (Å²) in [5.41, 5.74) is 2.87. The van der Waals surface area contributed by atoms with Crippen LogP contribution >= 0.6 is 0 Å². The molecule has 2 aliphatic rings. The second-order valence-electron chi connectivity index (χ2n) is 5.54. The van der Waals surface area contributed by atoms with E-state index in [1.165, 1.54) is 11.3 Å². The van der Waals surface area contributed by atoms with E-state index >= 15 is 0 Å². The molecule has 102 valence electrons. The van der Waals surface area contributed by atoms with Gasteiger partial charge in [0.05, 0.1) is 6.54 Å². The number of benzene rings is 1. The lowest BCUT2D eigenvalue weighted by atomic mass is 10.2. The van der Waals surface area contributed by atoms with Crippen molar-refractivity contribution in [2.75, 3.05) is 24.5 Å². The molecule has 0 saturated heterocycles. The minimum Gasteiger partial charge on any atom is -0.366 e. The van der Waals surface area contributed by atoms with Gasteiger partial charge < -0.3 is 15.5 Å². The summed E-state index contributed by atoms with van der Waals surface area (Å²) in [5.74, 6) is 0.951. The molecule has 0 spiro atoms. The quantitative estimate of drug-likeness (QED) is 0.860. The summed E-state index contributed by atoms with van der Waals surface area (Å²) in [4.78, 5) is 6.92. The van der Waals surface area contributed by atoms with Gasteiger partial charge in [-0.05, 0) is 31.9 Å². The Morgan fingerprint density at radius 3 is 3.11 bits per heavy atom. The fourth-order valence-corrected chi connectivity index (χ4v) is 2.84. The van der Waals surface area contributed by atoms with Crippen LogP contribution in [0.3, 0.4) is 0 Å². The number of guanidine groups is 1. The third-order valence-electron chi connectivity index (χ3n) is 3.93. The lowest BCUT2D eigenvalue weighted by molar-refractivity contribution is 0.625. The molecule has 4 nitrogen and oxygen atoms in total. The van der Waals surface area contributed by atoms with Crippen LogP contribution in [0.25, 0.3) is 0 Å². The minimum absolute atomic E-state index is 0.463. The highest BCUT2D eigenvalue weighted by molar-refractivity contribution is 5.81. The molecule has 2 heterocycles.